The molecule has 0 saturated carbocycles. The highest BCUT2D eigenvalue weighted by atomic mass is 16.1. The summed E-state index contributed by atoms with van der Waals surface area (Å²) in [4.78, 5) is 8.00. The molecule has 0 amide bonds. The van der Waals surface area contributed by atoms with Crippen LogP contribution >= 0.6 is 0 Å². The molecule has 0 N–H and O–H groups in total. The molecule has 1 aromatic rings. The van der Waals surface area contributed by atoms with Gasteiger partial charge in [-0.1, -0.05) is 39.8 Å². The maximum Gasteiger partial charge on any atom is 0.106 e. The zero-order valence-electron chi connectivity index (χ0n) is 11.1. The predicted molar refractivity (Wildman–Crippen MR) is 71.1 cm³/mol. The number of carbonyl (C=O) groups is 1. The predicted octanol–water partition coefficient (Wildman–Crippen LogP) is 3.75. The van der Waals surface area contributed by atoms with Crippen LogP contribution in [0.3, 0.4) is 0 Å². The third-order valence-corrected chi connectivity index (χ3v) is 3.05. The fourth-order valence-electron chi connectivity index (χ4n) is 2.11. The molecule has 0 spiro atoms. The van der Waals surface area contributed by atoms with E-state index in [2.05, 4.69) is 39.8 Å². The van der Waals surface area contributed by atoms with Crippen LogP contribution in [0.1, 0.15) is 49.9 Å². The van der Waals surface area contributed by atoms with Crippen LogP contribution in [0.2, 0.25) is 0 Å². The highest BCUT2D eigenvalue weighted by Gasteiger charge is 2.05. The van der Waals surface area contributed by atoms with E-state index >= 15 is 0 Å². The van der Waals surface area contributed by atoms with Crippen molar-refractivity contribution in [2.24, 2.45) is 0 Å². The number of carbonyl (C=O) groups excluding carboxylic acids is 1. The van der Waals surface area contributed by atoms with Crippen molar-refractivity contribution in [1.82, 2.24) is 0 Å². The Morgan fingerprint density at radius 2 is 0.875 bits per heavy atom. The minimum absolute atomic E-state index is 1.17. The highest BCUT2D eigenvalue weighted by Crippen LogP contribution is 2.19. The van der Waals surface area contributed by atoms with Gasteiger partial charge in [-0.05, 0) is 47.9 Å². The van der Waals surface area contributed by atoms with E-state index in [1.807, 2.05) is 6.79 Å². The van der Waals surface area contributed by atoms with Crippen molar-refractivity contribution in [3.8, 4) is 0 Å². The van der Waals surface area contributed by atoms with E-state index in [0.717, 1.165) is 0 Å². The Hall–Kier alpha value is -1.11. The molecule has 0 bridgehead atoms. The third-order valence-electron chi connectivity index (χ3n) is 3.05. The molecular weight excluding hydrogens is 196 g/mol. The molecule has 16 heavy (non-hydrogen) atoms. The monoisotopic (exact) mass is 220 g/mol. The van der Waals surface area contributed by atoms with Crippen molar-refractivity contribution in [3.63, 3.8) is 0 Å². The first kappa shape index (κ1) is 14.9. The fourth-order valence-corrected chi connectivity index (χ4v) is 2.11. The normalized spacial score (nSPS) is 9.50. The van der Waals surface area contributed by atoms with Crippen LogP contribution in [0, 0.1) is 0 Å². The summed E-state index contributed by atoms with van der Waals surface area (Å²) in [5, 5.41) is 0. The highest BCUT2D eigenvalue weighted by molar-refractivity contribution is 5.38. The van der Waals surface area contributed by atoms with Crippen molar-refractivity contribution < 1.29 is 4.79 Å². The Morgan fingerprint density at radius 3 is 1.00 bits per heavy atom. The van der Waals surface area contributed by atoms with Gasteiger partial charge in [-0.3, -0.25) is 0 Å². The number of aryl methyl sites for hydroxylation is 4. The van der Waals surface area contributed by atoms with Crippen LogP contribution in [0.15, 0.2) is 12.1 Å². The van der Waals surface area contributed by atoms with Crippen molar-refractivity contribution in [1.29, 1.82) is 0 Å². The Morgan fingerprint density at radius 1 is 0.688 bits per heavy atom. The Kier molecular flexibility index (Phi) is 7.53. The fraction of sp³-hybridized carbons (Fsp3) is 0.533. The zero-order chi connectivity index (χ0) is 12.6. The first-order valence-corrected chi connectivity index (χ1v) is 6.19. The van der Waals surface area contributed by atoms with Crippen molar-refractivity contribution >= 4 is 6.79 Å². The van der Waals surface area contributed by atoms with Crippen molar-refractivity contribution in [3.05, 3.63) is 34.4 Å². The van der Waals surface area contributed by atoms with Gasteiger partial charge in [-0.2, -0.15) is 0 Å². The maximum atomic E-state index is 8.00. The van der Waals surface area contributed by atoms with Gasteiger partial charge in [0.2, 0.25) is 0 Å². The van der Waals surface area contributed by atoms with Gasteiger partial charge in [0.1, 0.15) is 6.79 Å². The number of hydrogen-bond acceptors (Lipinski definition) is 1. The summed E-state index contributed by atoms with van der Waals surface area (Å²) in [7, 11) is 0. The van der Waals surface area contributed by atoms with Crippen LogP contribution < -0.4 is 0 Å². The second-order valence-electron chi connectivity index (χ2n) is 3.80. The Bertz CT molecular complexity index is 257. The van der Waals surface area contributed by atoms with E-state index < -0.39 is 0 Å². The lowest BCUT2D eigenvalue weighted by Gasteiger charge is -2.12. The first-order chi connectivity index (χ1) is 7.76. The lowest BCUT2D eigenvalue weighted by Crippen LogP contribution is -1.98. The van der Waals surface area contributed by atoms with E-state index in [1.165, 1.54) is 25.7 Å². The second-order valence-corrected chi connectivity index (χ2v) is 3.80. The molecule has 0 radical (unpaired) electrons. The standard InChI is InChI=1S/C14H22.CH2O/c1-5-11-9-13(7-3)14(8-4)10-12(11)6-2;1-2/h9-10H,5-8H2,1-4H3;1H2. The molecule has 1 rings (SSSR count). The minimum atomic E-state index is 1.17. The van der Waals surface area contributed by atoms with Crippen LogP contribution in [0.4, 0.5) is 0 Å². The molecule has 1 nitrogen and oxygen atoms in total. The van der Waals surface area contributed by atoms with Crippen LogP contribution in [0.5, 0.6) is 0 Å². The molecule has 0 unspecified atom stereocenters. The molecule has 0 aromatic heterocycles. The van der Waals surface area contributed by atoms with Gasteiger partial charge in [0.15, 0.2) is 0 Å². The topological polar surface area (TPSA) is 17.1 Å². The summed E-state index contributed by atoms with van der Waals surface area (Å²) in [5.41, 5.74) is 6.17. The quantitative estimate of drug-likeness (QED) is 0.755. The molecule has 90 valence electrons. The largest absolute Gasteiger partial charge is 0.307 e. The summed E-state index contributed by atoms with van der Waals surface area (Å²) in [6, 6.07) is 4.83. The number of rotatable bonds is 4. The maximum absolute atomic E-state index is 8.00. The van der Waals surface area contributed by atoms with Gasteiger partial charge in [0.05, 0.1) is 0 Å². The summed E-state index contributed by atoms with van der Waals surface area (Å²) in [6.45, 7) is 11.0. The summed E-state index contributed by atoms with van der Waals surface area (Å²) >= 11 is 0. The smallest absolute Gasteiger partial charge is 0.106 e. The average molecular weight is 220 g/mol. The molecule has 0 saturated heterocycles. The molecule has 0 aliphatic heterocycles. The van der Waals surface area contributed by atoms with E-state index in [-0.39, 0.29) is 0 Å². The molecule has 1 heteroatoms. The minimum Gasteiger partial charge on any atom is -0.307 e. The first-order valence-electron chi connectivity index (χ1n) is 6.19. The molecule has 1 aromatic carbocycles. The molecular formula is C15H24O. The SMILES string of the molecule is C=O.CCc1cc(CC)c(CC)cc1CC. The number of hydrogen-bond donors (Lipinski definition) is 0. The van der Waals surface area contributed by atoms with E-state index in [1.54, 1.807) is 22.3 Å². The van der Waals surface area contributed by atoms with Gasteiger partial charge in [0.25, 0.3) is 0 Å². The Labute approximate surface area is 99.9 Å². The molecule has 0 heterocycles. The summed E-state index contributed by atoms with van der Waals surface area (Å²) < 4.78 is 0. The summed E-state index contributed by atoms with van der Waals surface area (Å²) in [5.74, 6) is 0. The van der Waals surface area contributed by atoms with Gasteiger partial charge in [-0.15, -0.1) is 0 Å². The molecule has 0 aliphatic carbocycles. The zero-order valence-corrected chi connectivity index (χ0v) is 11.1. The number of benzene rings is 1. The van der Waals surface area contributed by atoms with Gasteiger partial charge < -0.3 is 4.79 Å². The molecule has 0 fully saturated rings. The van der Waals surface area contributed by atoms with Crippen LogP contribution in [-0.2, 0) is 30.5 Å². The third kappa shape index (κ3) is 3.48. The van der Waals surface area contributed by atoms with E-state index in [4.69, 9.17) is 4.79 Å². The van der Waals surface area contributed by atoms with Crippen LogP contribution in [0.25, 0.3) is 0 Å². The molecule has 0 aliphatic rings. The van der Waals surface area contributed by atoms with Crippen molar-refractivity contribution in [2.75, 3.05) is 0 Å². The lowest BCUT2D eigenvalue weighted by atomic mass is 9.93. The van der Waals surface area contributed by atoms with E-state index in [0.29, 0.717) is 0 Å². The summed E-state index contributed by atoms with van der Waals surface area (Å²) in [6.07, 6.45) is 4.67. The second kappa shape index (κ2) is 8.09. The van der Waals surface area contributed by atoms with Crippen molar-refractivity contribution in [2.45, 2.75) is 53.4 Å². The van der Waals surface area contributed by atoms with Gasteiger partial charge >= 0.3 is 0 Å². The average Bonchev–Trinajstić information content (AvgIpc) is 2.39. The molecule has 0 atom stereocenters. The Balaban J connectivity index is 0.00000106. The van der Waals surface area contributed by atoms with Crippen LogP contribution in [-0.4, -0.2) is 6.79 Å². The van der Waals surface area contributed by atoms with Gasteiger partial charge in [-0.25, -0.2) is 0 Å². The lowest BCUT2D eigenvalue weighted by molar-refractivity contribution is -0.0979. The van der Waals surface area contributed by atoms with Gasteiger partial charge in [0, 0.05) is 0 Å². The van der Waals surface area contributed by atoms with E-state index in [9.17, 15) is 0 Å².